The van der Waals surface area contributed by atoms with E-state index in [9.17, 15) is 0 Å². The van der Waals surface area contributed by atoms with Crippen LogP contribution in [-0.4, -0.2) is 26.3 Å². The predicted octanol–water partition coefficient (Wildman–Crippen LogP) is 1.45. The van der Waals surface area contributed by atoms with Crippen molar-refractivity contribution in [1.82, 2.24) is 19.7 Å². The molecule has 0 unspecified atom stereocenters. The van der Waals surface area contributed by atoms with Gasteiger partial charge in [0.2, 0.25) is 0 Å². The SMILES string of the molecule is NCCCn1cnnc1-c1cncc(Br)c1. The molecule has 0 aromatic carbocycles. The number of hydrogen-bond acceptors (Lipinski definition) is 4. The van der Waals surface area contributed by atoms with Gasteiger partial charge in [0.25, 0.3) is 0 Å². The topological polar surface area (TPSA) is 69.6 Å². The van der Waals surface area contributed by atoms with Crippen molar-refractivity contribution < 1.29 is 0 Å². The fourth-order valence-corrected chi connectivity index (χ4v) is 1.80. The van der Waals surface area contributed by atoms with Crippen LogP contribution < -0.4 is 5.73 Å². The molecule has 2 rings (SSSR count). The molecule has 6 heteroatoms. The molecule has 2 N–H and O–H groups in total. The molecule has 5 nitrogen and oxygen atoms in total. The molecule has 0 aliphatic rings. The Labute approximate surface area is 102 Å². The van der Waals surface area contributed by atoms with Gasteiger partial charge in [-0.05, 0) is 35.0 Å². The van der Waals surface area contributed by atoms with E-state index >= 15 is 0 Å². The van der Waals surface area contributed by atoms with Crippen molar-refractivity contribution >= 4 is 15.9 Å². The highest BCUT2D eigenvalue weighted by atomic mass is 79.9. The van der Waals surface area contributed by atoms with Crippen LogP contribution in [0.15, 0.2) is 29.3 Å². The van der Waals surface area contributed by atoms with E-state index in [0.717, 1.165) is 28.8 Å². The second kappa shape index (κ2) is 5.18. The molecule has 2 heterocycles. The third-order valence-electron chi connectivity index (χ3n) is 2.18. The summed E-state index contributed by atoms with van der Waals surface area (Å²) in [4.78, 5) is 4.11. The van der Waals surface area contributed by atoms with E-state index in [4.69, 9.17) is 5.73 Å². The van der Waals surface area contributed by atoms with Crippen molar-refractivity contribution in [2.24, 2.45) is 5.73 Å². The summed E-state index contributed by atoms with van der Waals surface area (Å²) in [7, 11) is 0. The van der Waals surface area contributed by atoms with Crippen molar-refractivity contribution in [3.63, 3.8) is 0 Å². The number of aromatic nitrogens is 4. The summed E-state index contributed by atoms with van der Waals surface area (Å²) in [6, 6.07) is 1.97. The van der Waals surface area contributed by atoms with Gasteiger partial charge in [-0.15, -0.1) is 10.2 Å². The summed E-state index contributed by atoms with van der Waals surface area (Å²) in [5.41, 5.74) is 6.43. The monoisotopic (exact) mass is 281 g/mol. The zero-order valence-electron chi connectivity index (χ0n) is 8.67. The Morgan fingerprint density at radius 1 is 1.38 bits per heavy atom. The Hall–Kier alpha value is -1.27. The summed E-state index contributed by atoms with van der Waals surface area (Å²) in [5, 5.41) is 8.00. The first-order valence-corrected chi connectivity index (χ1v) is 5.79. The summed E-state index contributed by atoms with van der Waals surface area (Å²) in [6.45, 7) is 1.49. The van der Waals surface area contributed by atoms with E-state index < -0.39 is 0 Å². The Morgan fingerprint density at radius 3 is 3.00 bits per heavy atom. The van der Waals surface area contributed by atoms with Gasteiger partial charge in [0, 0.05) is 29.0 Å². The van der Waals surface area contributed by atoms with Crippen LogP contribution >= 0.6 is 15.9 Å². The first-order chi connectivity index (χ1) is 7.81. The maximum Gasteiger partial charge on any atom is 0.165 e. The molecule has 16 heavy (non-hydrogen) atoms. The van der Waals surface area contributed by atoms with E-state index in [1.807, 2.05) is 10.6 Å². The average molecular weight is 282 g/mol. The van der Waals surface area contributed by atoms with E-state index in [2.05, 4.69) is 31.1 Å². The fraction of sp³-hybridized carbons (Fsp3) is 0.300. The maximum atomic E-state index is 5.48. The summed E-state index contributed by atoms with van der Waals surface area (Å²) >= 11 is 3.38. The van der Waals surface area contributed by atoms with Gasteiger partial charge in [-0.2, -0.15) is 0 Å². The van der Waals surface area contributed by atoms with Crippen molar-refractivity contribution in [2.45, 2.75) is 13.0 Å². The lowest BCUT2D eigenvalue weighted by molar-refractivity contribution is 0.653. The molecular weight excluding hydrogens is 270 g/mol. The molecule has 2 aromatic rings. The minimum Gasteiger partial charge on any atom is -0.330 e. The van der Waals surface area contributed by atoms with Gasteiger partial charge in [-0.25, -0.2) is 0 Å². The number of aryl methyl sites for hydroxylation is 1. The van der Waals surface area contributed by atoms with Gasteiger partial charge in [0.15, 0.2) is 5.82 Å². The third-order valence-corrected chi connectivity index (χ3v) is 2.62. The highest BCUT2D eigenvalue weighted by Gasteiger charge is 2.07. The van der Waals surface area contributed by atoms with Crippen LogP contribution in [0.2, 0.25) is 0 Å². The largest absolute Gasteiger partial charge is 0.330 e. The van der Waals surface area contributed by atoms with Crippen molar-refractivity contribution in [3.05, 3.63) is 29.3 Å². The van der Waals surface area contributed by atoms with Gasteiger partial charge in [-0.3, -0.25) is 4.98 Å². The smallest absolute Gasteiger partial charge is 0.165 e. The van der Waals surface area contributed by atoms with Crippen molar-refractivity contribution in [2.75, 3.05) is 6.54 Å². The molecule has 0 saturated carbocycles. The van der Waals surface area contributed by atoms with Crippen molar-refractivity contribution in [1.29, 1.82) is 0 Å². The van der Waals surface area contributed by atoms with Gasteiger partial charge in [-0.1, -0.05) is 0 Å². The van der Waals surface area contributed by atoms with Gasteiger partial charge in [0.1, 0.15) is 6.33 Å². The fourth-order valence-electron chi connectivity index (χ4n) is 1.44. The minimum atomic E-state index is 0.661. The Balaban J connectivity index is 2.29. The van der Waals surface area contributed by atoms with Crippen LogP contribution in [0, 0.1) is 0 Å². The van der Waals surface area contributed by atoms with Gasteiger partial charge >= 0.3 is 0 Å². The lowest BCUT2D eigenvalue weighted by Gasteiger charge is -2.05. The normalized spacial score (nSPS) is 10.6. The molecule has 0 saturated heterocycles. The number of rotatable bonds is 4. The zero-order valence-corrected chi connectivity index (χ0v) is 10.3. The molecule has 84 valence electrons. The molecule has 0 atom stereocenters. The molecule has 0 fully saturated rings. The second-order valence-electron chi connectivity index (χ2n) is 3.38. The van der Waals surface area contributed by atoms with Crippen LogP contribution in [0.3, 0.4) is 0 Å². The van der Waals surface area contributed by atoms with Crippen LogP contribution in [0.4, 0.5) is 0 Å². The lowest BCUT2D eigenvalue weighted by Crippen LogP contribution is -2.06. The summed E-state index contributed by atoms with van der Waals surface area (Å²) in [6.07, 6.45) is 6.14. The van der Waals surface area contributed by atoms with E-state index in [-0.39, 0.29) is 0 Å². The van der Waals surface area contributed by atoms with Crippen LogP contribution in [0.25, 0.3) is 11.4 Å². The van der Waals surface area contributed by atoms with E-state index in [1.165, 1.54) is 0 Å². The quantitative estimate of drug-likeness (QED) is 0.921. The number of nitrogens with zero attached hydrogens (tertiary/aromatic N) is 4. The predicted molar refractivity (Wildman–Crippen MR) is 64.6 cm³/mol. The molecule has 0 aliphatic carbocycles. The average Bonchev–Trinajstić information content (AvgIpc) is 2.74. The van der Waals surface area contributed by atoms with Crippen LogP contribution in [0.1, 0.15) is 6.42 Å². The molecule has 2 aromatic heterocycles. The maximum absolute atomic E-state index is 5.48. The molecule has 0 spiro atoms. The zero-order chi connectivity index (χ0) is 11.4. The number of hydrogen-bond donors (Lipinski definition) is 1. The summed E-state index contributed by atoms with van der Waals surface area (Å²) < 4.78 is 2.91. The third kappa shape index (κ3) is 2.45. The number of pyridine rings is 1. The first kappa shape index (κ1) is 11.2. The second-order valence-corrected chi connectivity index (χ2v) is 4.30. The van der Waals surface area contributed by atoms with Gasteiger partial charge < -0.3 is 10.3 Å². The van der Waals surface area contributed by atoms with Crippen LogP contribution in [-0.2, 0) is 6.54 Å². The standard InChI is InChI=1S/C10H12BrN5/c11-9-4-8(5-13-6-9)10-15-14-7-16(10)3-1-2-12/h4-7H,1-3,12H2. The number of halogens is 1. The molecule has 0 bridgehead atoms. The summed E-state index contributed by atoms with van der Waals surface area (Å²) in [5.74, 6) is 0.822. The Bertz CT molecular complexity index is 468. The van der Waals surface area contributed by atoms with Gasteiger partial charge in [0.05, 0.1) is 0 Å². The molecular formula is C10H12BrN5. The highest BCUT2D eigenvalue weighted by molar-refractivity contribution is 9.10. The molecule has 0 amide bonds. The molecule has 0 radical (unpaired) electrons. The lowest BCUT2D eigenvalue weighted by atomic mass is 10.2. The highest BCUT2D eigenvalue weighted by Crippen LogP contribution is 2.19. The van der Waals surface area contributed by atoms with E-state index in [1.54, 1.807) is 18.7 Å². The van der Waals surface area contributed by atoms with E-state index in [0.29, 0.717) is 6.54 Å². The Morgan fingerprint density at radius 2 is 2.25 bits per heavy atom. The first-order valence-electron chi connectivity index (χ1n) is 5.00. The minimum absolute atomic E-state index is 0.661. The number of nitrogens with two attached hydrogens (primary N) is 1. The Kier molecular flexibility index (Phi) is 3.63. The molecule has 0 aliphatic heterocycles. The van der Waals surface area contributed by atoms with Crippen LogP contribution in [0.5, 0.6) is 0 Å². The van der Waals surface area contributed by atoms with Crippen molar-refractivity contribution in [3.8, 4) is 11.4 Å².